The molecule has 122 valence electrons. The van der Waals surface area contributed by atoms with Crippen LogP contribution in [-0.2, 0) is 0 Å². The Hall–Kier alpha value is -1.85. The van der Waals surface area contributed by atoms with Crippen LogP contribution in [0.5, 0.6) is 0 Å². The summed E-state index contributed by atoms with van der Waals surface area (Å²) in [4.78, 5) is 2.46. The first-order valence-electron chi connectivity index (χ1n) is 8.11. The number of aryl methyl sites for hydroxylation is 1. The monoisotopic (exact) mass is 329 g/mol. The van der Waals surface area contributed by atoms with Crippen LogP contribution in [-0.4, -0.2) is 29.6 Å². The maximum Gasteiger partial charge on any atom is 0.170 e. The summed E-state index contributed by atoms with van der Waals surface area (Å²) in [6.07, 6.45) is 4.24. The van der Waals surface area contributed by atoms with Gasteiger partial charge in [-0.2, -0.15) is 0 Å². The third-order valence-corrected chi connectivity index (χ3v) is 4.46. The molecule has 1 unspecified atom stereocenters. The Balaban J connectivity index is 1.57. The normalized spacial score (nSPS) is 16.2. The van der Waals surface area contributed by atoms with Crippen molar-refractivity contribution < 1.29 is 4.42 Å². The number of nitrogens with one attached hydrogen (secondary N) is 2. The smallest absolute Gasteiger partial charge is 0.170 e. The fourth-order valence-corrected chi connectivity index (χ4v) is 3.15. The van der Waals surface area contributed by atoms with Gasteiger partial charge in [-0.1, -0.05) is 17.7 Å². The quantitative estimate of drug-likeness (QED) is 0.818. The fraction of sp³-hybridized carbons (Fsp3) is 0.389. The van der Waals surface area contributed by atoms with E-state index < -0.39 is 0 Å². The van der Waals surface area contributed by atoms with Crippen molar-refractivity contribution in [3.8, 4) is 0 Å². The van der Waals surface area contributed by atoms with Crippen molar-refractivity contribution in [2.24, 2.45) is 0 Å². The zero-order valence-electron chi connectivity index (χ0n) is 13.4. The lowest BCUT2D eigenvalue weighted by atomic mass is 10.2. The molecule has 1 aromatic carbocycles. The molecular weight excluding hydrogens is 306 g/mol. The fourth-order valence-electron chi connectivity index (χ4n) is 2.95. The average Bonchev–Trinajstić information content (AvgIpc) is 3.24. The van der Waals surface area contributed by atoms with Gasteiger partial charge in [-0.3, -0.25) is 4.90 Å². The molecule has 1 saturated heterocycles. The molecule has 2 N–H and O–H groups in total. The Morgan fingerprint density at radius 3 is 2.61 bits per heavy atom. The molecule has 1 aliphatic rings. The summed E-state index contributed by atoms with van der Waals surface area (Å²) in [5.41, 5.74) is 2.24. The van der Waals surface area contributed by atoms with E-state index in [1.165, 1.54) is 18.4 Å². The number of likely N-dealkylation sites (tertiary alicyclic amines) is 1. The molecule has 5 heteroatoms. The Labute approximate surface area is 142 Å². The molecule has 1 fully saturated rings. The Morgan fingerprint density at radius 1 is 1.22 bits per heavy atom. The Morgan fingerprint density at radius 2 is 1.96 bits per heavy atom. The van der Waals surface area contributed by atoms with Crippen LogP contribution in [0.15, 0.2) is 47.1 Å². The molecule has 0 bridgehead atoms. The lowest BCUT2D eigenvalue weighted by Gasteiger charge is -2.26. The van der Waals surface area contributed by atoms with Gasteiger partial charge < -0.3 is 15.1 Å². The molecule has 0 radical (unpaired) electrons. The van der Waals surface area contributed by atoms with E-state index in [0.29, 0.717) is 5.11 Å². The number of anilines is 1. The number of hydrogen-bond acceptors (Lipinski definition) is 3. The topological polar surface area (TPSA) is 40.4 Å². The molecule has 1 aliphatic heterocycles. The first-order chi connectivity index (χ1) is 11.2. The summed E-state index contributed by atoms with van der Waals surface area (Å²) in [6.45, 7) is 5.05. The number of nitrogens with zero attached hydrogens (tertiary/aromatic N) is 1. The van der Waals surface area contributed by atoms with Gasteiger partial charge in [-0.15, -0.1) is 0 Å². The van der Waals surface area contributed by atoms with Crippen LogP contribution in [0.2, 0.25) is 0 Å². The second-order valence-corrected chi connectivity index (χ2v) is 6.38. The van der Waals surface area contributed by atoms with Gasteiger partial charge in [0.05, 0.1) is 12.3 Å². The Kier molecular flexibility index (Phi) is 5.31. The van der Waals surface area contributed by atoms with E-state index >= 15 is 0 Å². The molecule has 2 aromatic rings. The highest BCUT2D eigenvalue weighted by Crippen LogP contribution is 2.24. The number of benzene rings is 1. The van der Waals surface area contributed by atoms with Crippen molar-refractivity contribution in [2.45, 2.75) is 25.8 Å². The van der Waals surface area contributed by atoms with Gasteiger partial charge in [-0.25, -0.2) is 0 Å². The Bertz CT molecular complexity index is 618. The number of furan rings is 1. The van der Waals surface area contributed by atoms with Gasteiger partial charge in [0.1, 0.15) is 5.76 Å². The van der Waals surface area contributed by atoms with E-state index in [1.807, 2.05) is 24.3 Å². The predicted octanol–water partition coefficient (Wildman–Crippen LogP) is 3.71. The van der Waals surface area contributed by atoms with Gasteiger partial charge in [0.25, 0.3) is 0 Å². The highest BCUT2D eigenvalue weighted by molar-refractivity contribution is 7.80. The summed E-state index contributed by atoms with van der Waals surface area (Å²) in [6, 6.07) is 12.4. The van der Waals surface area contributed by atoms with Crippen LogP contribution in [0.4, 0.5) is 5.69 Å². The first-order valence-corrected chi connectivity index (χ1v) is 8.52. The molecular formula is C18H23N3OS. The largest absolute Gasteiger partial charge is 0.468 e. The van der Waals surface area contributed by atoms with Gasteiger partial charge >= 0.3 is 0 Å². The minimum Gasteiger partial charge on any atom is -0.468 e. The van der Waals surface area contributed by atoms with Gasteiger partial charge in [-0.05, 0) is 69.3 Å². The SMILES string of the molecule is Cc1ccc(NC(=S)NCC(c2ccco2)N2CCCC2)cc1. The summed E-state index contributed by atoms with van der Waals surface area (Å²) >= 11 is 5.42. The average molecular weight is 329 g/mol. The van der Waals surface area contributed by atoms with E-state index in [4.69, 9.17) is 16.6 Å². The van der Waals surface area contributed by atoms with Crippen LogP contribution in [0.3, 0.4) is 0 Å². The molecule has 1 atom stereocenters. The first kappa shape index (κ1) is 16.0. The summed E-state index contributed by atoms with van der Waals surface area (Å²) in [5, 5.41) is 7.20. The standard InChI is InChI=1S/C18H23N3OS/c1-14-6-8-15(9-7-14)20-18(23)19-13-16(17-5-4-12-22-17)21-10-2-3-11-21/h4-9,12,16H,2-3,10-11,13H2,1H3,(H2,19,20,23). The second kappa shape index (κ2) is 7.62. The number of rotatable bonds is 5. The lowest BCUT2D eigenvalue weighted by Crippen LogP contribution is -2.38. The van der Waals surface area contributed by atoms with Crippen LogP contribution >= 0.6 is 12.2 Å². The maximum absolute atomic E-state index is 5.63. The van der Waals surface area contributed by atoms with Crippen molar-refractivity contribution in [2.75, 3.05) is 25.0 Å². The summed E-state index contributed by atoms with van der Waals surface area (Å²) in [7, 11) is 0. The van der Waals surface area contributed by atoms with E-state index in [0.717, 1.165) is 31.1 Å². The predicted molar refractivity (Wildman–Crippen MR) is 97.7 cm³/mol. The summed E-state index contributed by atoms with van der Waals surface area (Å²) < 4.78 is 5.63. The molecule has 0 amide bonds. The van der Waals surface area contributed by atoms with E-state index in [9.17, 15) is 0 Å². The van der Waals surface area contributed by atoms with Crippen molar-refractivity contribution in [1.82, 2.24) is 10.2 Å². The highest BCUT2D eigenvalue weighted by atomic mass is 32.1. The van der Waals surface area contributed by atoms with E-state index in [1.54, 1.807) is 6.26 Å². The summed E-state index contributed by atoms with van der Waals surface area (Å²) in [5.74, 6) is 0.998. The molecule has 4 nitrogen and oxygen atoms in total. The van der Waals surface area contributed by atoms with E-state index in [-0.39, 0.29) is 6.04 Å². The number of hydrogen-bond donors (Lipinski definition) is 2. The second-order valence-electron chi connectivity index (χ2n) is 5.98. The molecule has 1 aromatic heterocycles. The van der Waals surface area contributed by atoms with E-state index in [2.05, 4.69) is 34.6 Å². The van der Waals surface area contributed by atoms with Crippen molar-refractivity contribution in [3.63, 3.8) is 0 Å². The molecule has 3 rings (SSSR count). The van der Waals surface area contributed by atoms with Crippen molar-refractivity contribution in [1.29, 1.82) is 0 Å². The minimum atomic E-state index is 0.227. The van der Waals surface area contributed by atoms with Gasteiger partial charge in [0.15, 0.2) is 5.11 Å². The van der Waals surface area contributed by atoms with Crippen LogP contribution < -0.4 is 10.6 Å². The minimum absolute atomic E-state index is 0.227. The third kappa shape index (κ3) is 4.33. The maximum atomic E-state index is 5.63. The zero-order valence-corrected chi connectivity index (χ0v) is 14.2. The van der Waals surface area contributed by atoms with Crippen molar-refractivity contribution in [3.05, 3.63) is 54.0 Å². The zero-order chi connectivity index (χ0) is 16.1. The molecule has 23 heavy (non-hydrogen) atoms. The van der Waals surface area contributed by atoms with Crippen LogP contribution in [0, 0.1) is 6.92 Å². The number of thiocarbonyl (C=S) groups is 1. The van der Waals surface area contributed by atoms with Gasteiger partial charge in [0.2, 0.25) is 0 Å². The molecule has 2 heterocycles. The van der Waals surface area contributed by atoms with Gasteiger partial charge in [0, 0.05) is 12.2 Å². The van der Waals surface area contributed by atoms with Crippen molar-refractivity contribution >= 4 is 23.0 Å². The highest BCUT2D eigenvalue weighted by Gasteiger charge is 2.25. The third-order valence-electron chi connectivity index (χ3n) is 4.22. The lowest BCUT2D eigenvalue weighted by molar-refractivity contribution is 0.216. The molecule has 0 saturated carbocycles. The van der Waals surface area contributed by atoms with Crippen LogP contribution in [0.25, 0.3) is 0 Å². The molecule has 0 spiro atoms. The molecule has 0 aliphatic carbocycles. The van der Waals surface area contributed by atoms with Crippen LogP contribution in [0.1, 0.15) is 30.2 Å².